The number of amides is 3. The van der Waals surface area contributed by atoms with Gasteiger partial charge in [-0.25, -0.2) is 9.59 Å². The highest BCUT2D eigenvalue weighted by Gasteiger charge is 2.39. The van der Waals surface area contributed by atoms with Crippen LogP contribution in [0.2, 0.25) is 0 Å². The van der Waals surface area contributed by atoms with Crippen LogP contribution in [0, 0.1) is 0 Å². The number of rotatable bonds is 14. The molecular weight excluding hydrogens is 823 g/mol. The van der Waals surface area contributed by atoms with Gasteiger partial charge in [-0.15, -0.1) is 0 Å². The fraction of sp³-hybridized carbons (Fsp3) is 0.256. The van der Waals surface area contributed by atoms with Gasteiger partial charge in [-0.2, -0.15) is 39.5 Å². The fourth-order valence-corrected chi connectivity index (χ4v) is 4.60. The highest BCUT2D eigenvalue weighted by atomic mass is 19.4. The highest BCUT2D eigenvalue weighted by Crippen LogP contribution is 2.20. The Morgan fingerprint density at radius 1 is 0.567 bits per heavy atom. The number of halogens is 9. The molecule has 0 aliphatic rings. The molecule has 2 atom stereocenters. The lowest BCUT2D eigenvalue weighted by Gasteiger charge is -2.24. The van der Waals surface area contributed by atoms with Gasteiger partial charge in [-0.05, 0) is 46.5 Å². The third-order valence-electron chi connectivity index (χ3n) is 7.55. The summed E-state index contributed by atoms with van der Waals surface area (Å²) in [5.41, 5.74) is 9.18. The largest absolute Gasteiger partial charge is 0.490 e. The van der Waals surface area contributed by atoms with Crippen molar-refractivity contribution in [1.82, 2.24) is 16.0 Å². The van der Waals surface area contributed by atoms with Crippen LogP contribution in [0.3, 0.4) is 0 Å². The van der Waals surface area contributed by atoms with E-state index in [1.165, 1.54) is 24.3 Å². The van der Waals surface area contributed by atoms with E-state index in [4.69, 9.17) is 30.3 Å². The van der Waals surface area contributed by atoms with Gasteiger partial charge in [0.05, 0.1) is 0 Å². The number of carbonyl (C=O) groups is 5. The van der Waals surface area contributed by atoms with Gasteiger partial charge in [0.15, 0.2) is 6.61 Å². The van der Waals surface area contributed by atoms with Crippen LogP contribution in [0.15, 0.2) is 109 Å². The first-order valence-corrected chi connectivity index (χ1v) is 17.1. The lowest BCUT2D eigenvalue weighted by Crippen LogP contribution is -2.55. The maximum Gasteiger partial charge on any atom is 0.490 e. The van der Waals surface area contributed by atoms with Crippen molar-refractivity contribution in [3.63, 3.8) is 0 Å². The molecule has 0 aromatic heterocycles. The highest BCUT2D eigenvalue weighted by molar-refractivity contribution is 5.98. The smallest absolute Gasteiger partial charge is 0.484 e. The molecule has 0 spiro atoms. The molecule has 324 valence electrons. The average molecular weight is 861 g/mol. The number of nitrogens with one attached hydrogen (secondary N) is 3. The maximum atomic E-state index is 13.8. The summed E-state index contributed by atoms with van der Waals surface area (Å²) in [4.78, 5) is 58.1. The Kier molecular flexibility index (Phi) is 19.0. The van der Waals surface area contributed by atoms with Gasteiger partial charge in [0.25, 0.3) is 5.91 Å². The van der Waals surface area contributed by atoms with Gasteiger partial charge in [0, 0.05) is 31.5 Å². The van der Waals surface area contributed by atoms with Gasteiger partial charge >= 0.3 is 30.5 Å². The molecule has 0 radical (unpaired) electrons. The molecule has 3 amide bonds. The number of alkyl halides is 9. The van der Waals surface area contributed by atoms with E-state index in [1.807, 2.05) is 54.6 Å². The minimum absolute atomic E-state index is 0.00285. The predicted molar refractivity (Wildman–Crippen MR) is 195 cm³/mol. The molecule has 12 nitrogen and oxygen atoms in total. The summed E-state index contributed by atoms with van der Waals surface area (Å²) in [6, 6.07) is 28.7. The van der Waals surface area contributed by atoms with Crippen molar-refractivity contribution in [2.45, 2.75) is 56.5 Å². The molecule has 4 aromatic rings. The molecule has 0 heterocycles. The molecule has 0 fully saturated rings. The summed E-state index contributed by atoms with van der Waals surface area (Å²) < 4.78 is 106. The first kappa shape index (κ1) is 49.5. The summed E-state index contributed by atoms with van der Waals surface area (Å²) >= 11 is 0. The molecule has 0 saturated carbocycles. The van der Waals surface area contributed by atoms with E-state index in [-0.39, 0.29) is 25.1 Å². The molecule has 4 rings (SSSR count). The van der Waals surface area contributed by atoms with Crippen molar-refractivity contribution < 1.29 is 78.4 Å². The van der Waals surface area contributed by atoms with Gasteiger partial charge < -0.3 is 36.6 Å². The summed E-state index contributed by atoms with van der Waals surface area (Å²) in [5, 5.41) is 22.7. The summed E-state index contributed by atoms with van der Waals surface area (Å²) in [6.07, 6.45) is -14.5. The van der Waals surface area contributed by atoms with Crippen LogP contribution in [0.4, 0.5) is 39.5 Å². The molecule has 7 N–H and O–H groups in total. The number of carbonyl (C=O) groups excluding carboxylic acids is 3. The molecule has 0 bridgehead atoms. The molecule has 0 aliphatic carbocycles. The predicted octanol–water partition coefficient (Wildman–Crippen LogP) is 5.74. The molecule has 4 aromatic carbocycles. The molecular formula is C39H37F9N4O8. The second-order valence-electron chi connectivity index (χ2n) is 12.2. The molecule has 21 heteroatoms. The average Bonchev–Trinajstić information content (AvgIpc) is 3.19. The monoisotopic (exact) mass is 860 g/mol. The van der Waals surface area contributed by atoms with E-state index in [2.05, 4.69) is 16.0 Å². The second-order valence-corrected chi connectivity index (χ2v) is 12.2. The third kappa shape index (κ3) is 19.2. The van der Waals surface area contributed by atoms with E-state index in [1.54, 1.807) is 30.3 Å². The van der Waals surface area contributed by atoms with Crippen molar-refractivity contribution in [3.05, 3.63) is 137 Å². The molecule has 0 saturated heterocycles. The summed E-state index contributed by atoms with van der Waals surface area (Å²) in [6.45, 7) is -0.814. The van der Waals surface area contributed by atoms with E-state index in [9.17, 15) is 53.9 Å². The van der Waals surface area contributed by atoms with Crippen LogP contribution < -0.4 is 26.4 Å². The van der Waals surface area contributed by atoms with Gasteiger partial charge in [-0.3, -0.25) is 14.4 Å². The normalized spacial score (nSPS) is 12.2. The van der Waals surface area contributed by atoms with Crippen molar-refractivity contribution in [2.75, 3.05) is 6.61 Å². The molecule has 0 aliphatic heterocycles. The molecule has 0 unspecified atom stereocenters. The topological polar surface area (TPSA) is 197 Å². The standard InChI is InChI=1S/C35H35F3N4O4.2C2HF3O2/c36-35(37,38)23-46-29-17-15-25(16-18-29)20-31(41-32(43)28-9-5-2-6-10-28)34(45)42-30(19-24-7-3-1-4-8-24)33(44)40-22-27-13-11-26(21-39)12-14-27;2*3-2(4,5)1(6)7/h1-18,30-31H,19-23,39H2,(H,40,44)(H,41,43)(H,42,45);2*(H,6,7)/t30-,31+;;/m0../s1. The van der Waals surface area contributed by atoms with E-state index in [0.29, 0.717) is 17.7 Å². The summed E-state index contributed by atoms with van der Waals surface area (Å²) in [5.74, 6) is -7.03. The van der Waals surface area contributed by atoms with Crippen molar-refractivity contribution in [3.8, 4) is 5.75 Å². The van der Waals surface area contributed by atoms with Crippen LogP contribution in [0.25, 0.3) is 0 Å². The maximum absolute atomic E-state index is 13.8. The van der Waals surface area contributed by atoms with Crippen molar-refractivity contribution in [1.29, 1.82) is 0 Å². The Morgan fingerprint density at radius 3 is 1.43 bits per heavy atom. The fourth-order valence-electron chi connectivity index (χ4n) is 4.60. The number of aliphatic carboxylic acids is 2. The van der Waals surface area contributed by atoms with Gasteiger partial charge in [0.2, 0.25) is 11.8 Å². The minimum Gasteiger partial charge on any atom is -0.484 e. The Bertz CT molecular complexity index is 1960. The minimum atomic E-state index is -5.08. The quantitative estimate of drug-likeness (QED) is 0.0858. The van der Waals surface area contributed by atoms with Crippen molar-refractivity contribution >= 4 is 29.7 Å². The number of carboxylic acids is 2. The number of benzene rings is 4. The lowest BCUT2D eigenvalue weighted by atomic mass is 10.0. The number of ether oxygens (including phenoxy) is 1. The van der Waals surface area contributed by atoms with E-state index < -0.39 is 66.9 Å². The Hall–Kier alpha value is -6.64. The zero-order valence-corrected chi connectivity index (χ0v) is 30.9. The SMILES string of the molecule is NCc1ccc(CNC(=O)[C@H](Cc2ccccc2)NC(=O)[C@@H](Cc2ccc(OCC(F)(F)F)cc2)NC(=O)c2ccccc2)cc1.O=C(O)C(F)(F)F.O=C(O)C(F)(F)F. The second kappa shape index (κ2) is 23.1. The van der Waals surface area contributed by atoms with Crippen LogP contribution in [0.5, 0.6) is 5.75 Å². The Balaban J connectivity index is 0.000000758. The number of nitrogens with two attached hydrogens (primary N) is 1. The summed E-state index contributed by atoms with van der Waals surface area (Å²) in [7, 11) is 0. The first-order valence-electron chi connectivity index (χ1n) is 17.1. The van der Waals surface area contributed by atoms with E-state index in [0.717, 1.165) is 16.7 Å². The third-order valence-corrected chi connectivity index (χ3v) is 7.55. The van der Waals surface area contributed by atoms with E-state index >= 15 is 0 Å². The molecule has 60 heavy (non-hydrogen) atoms. The van der Waals surface area contributed by atoms with Gasteiger partial charge in [-0.1, -0.05) is 84.9 Å². The van der Waals surface area contributed by atoms with Crippen molar-refractivity contribution in [2.24, 2.45) is 5.73 Å². The number of hydrogen-bond donors (Lipinski definition) is 6. The lowest BCUT2D eigenvalue weighted by molar-refractivity contribution is -0.193. The Morgan fingerprint density at radius 2 is 0.983 bits per heavy atom. The Labute approximate surface area is 335 Å². The van der Waals surface area contributed by atoms with Crippen LogP contribution in [-0.2, 0) is 45.1 Å². The number of hydrogen-bond acceptors (Lipinski definition) is 7. The van der Waals surface area contributed by atoms with Crippen LogP contribution in [0.1, 0.15) is 32.6 Å². The van der Waals surface area contributed by atoms with Crippen LogP contribution in [-0.4, -0.2) is 77.1 Å². The van der Waals surface area contributed by atoms with Gasteiger partial charge in [0.1, 0.15) is 17.8 Å². The first-order chi connectivity index (χ1) is 28.0. The van der Waals surface area contributed by atoms with Crippen LogP contribution >= 0.6 is 0 Å². The zero-order valence-electron chi connectivity index (χ0n) is 30.9. The zero-order chi connectivity index (χ0) is 45.1. The number of carboxylic acid groups (broad SMARTS) is 2.